The van der Waals surface area contributed by atoms with E-state index in [2.05, 4.69) is 4.98 Å². The summed E-state index contributed by atoms with van der Waals surface area (Å²) in [5.74, 6) is 0.386. The SMILES string of the molecule is Cc1nc2ccccc2n1C1=CC(=O)c2ccccc2C1=O. The van der Waals surface area contributed by atoms with E-state index in [4.69, 9.17) is 0 Å². The molecular formula is C18H12N2O2. The van der Waals surface area contributed by atoms with Crippen LogP contribution in [0.25, 0.3) is 16.7 Å². The molecule has 3 aromatic rings. The summed E-state index contributed by atoms with van der Waals surface area (Å²) >= 11 is 0. The minimum atomic E-state index is -0.151. The van der Waals surface area contributed by atoms with Gasteiger partial charge in [-0.1, -0.05) is 36.4 Å². The van der Waals surface area contributed by atoms with Gasteiger partial charge in [0.25, 0.3) is 0 Å². The van der Waals surface area contributed by atoms with Crippen LogP contribution in [-0.4, -0.2) is 21.1 Å². The molecular weight excluding hydrogens is 276 g/mol. The first-order valence-electron chi connectivity index (χ1n) is 7.01. The number of Topliss-reactive ketones (excluding diaryl/α,β-unsaturated/α-hetero) is 1. The number of hydrogen-bond acceptors (Lipinski definition) is 3. The maximum Gasteiger partial charge on any atom is 0.210 e. The molecule has 4 nitrogen and oxygen atoms in total. The number of ketones is 2. The number of nitrogens with zero attached hydrogens (tertiary/aromatic N) is 2. The first-order valence-corrected chi connectivity index (χ1v) is 7.01. The van der Waals surface area contributed by atoms with Gasteiger partial charge in [0.15, 0.2) is 5.78 Å². The highest BCUT2D eigenvalue weighted by atomic mass is 16.1. The van der Waals surface area contributed by atoms with Crippen molar-refractivity contribution in [1.29, 1.82) is 0 Å². The van der Waals surface area contributed by atoms with Crippen molar-refractivity contribution in [2.24, 2.45) is 0 Å². The Morgan fingerprint density at radius 1 is 0.909 bits per heavy atom. The molecule has 1 aliphatic rings. The second-order valence-corrected chi connectivity index (χ2v) is 5.25. The molecule has 1 heterocycles. The maximum atomic E-state index is 12.8. The molecule has 0 fully saturated rings. The van der Waals surface area contributed by atoms with Crippen molar-refractivity contribution in [2.75, 3.05) is 0 Å². The highest BCUT2D eigenvalue weighted by Gasteiger charge is 2.27. The van der Waals surface area contributed by atoms with E-state index in [1.54, 1.807) is 28.8 Å². The standard InChI is InChI=1S/C18H12N2O2/c1-11-19-14-8-4-5-9-15(14)20(11)16-10-17(21)12-6-2-3-7-13(12)18(16)22/h2-10H,1H3. The number of aromatic nitrogens is 2. The second kappa shape index (κ2) is 4.49. The van der Waals surface area contributed by atoms with Crippen LogP contribution >= 0.6 is 0 Å². The van der Waals surface area contributed by atoms with Crippen LogP contribution in [0.15, 0.2) is 54.6 Å². The fourth-order valence-electron chi connectivity index (χ4n) is 2.92. The third-order valence-corrected chi connectivity index (χ3v) is 3.91. The molecule has 4 heteroatoms. The summed E-state index contributed by atoms with van der Waals surface area (Å²) in [5.41, 5.74) is 2.89. The van der Waals surface area contributed by atoms with Crippen LogP contribution in [0.2, 0.25) is 0 Å². The van der Waals surface area contributed by atoms with E-state index in [1.165, 1.54) is 6.08 Å². The lowest BCUT2D eigenvalue weighted by Crippen LogP contribution is -2.20. The van der Waals surface area contributed by atoms with Crippen molar-refractivity contribution < 1.29 is 9.59 Å². The van der Waals surface area contributed by atoms with Crippen molar-refractivity contribution in [2.45, 2.75) is 6.92 Å². The van der Waals surface area contributed by atoms with Gasteiger partial charge in [-0.25, -0.2) is 4.98 Å². The summed E-state index contributed by atoms with van der Waals surface area (Å²) in [4.78, 5) is 29.6. The van der Waals surface area contributed by atoms with Crippen molar-refractivity contribution in [1.82, 2.24) is 9.55 Å². The summed E-state index contributed by atoms with van der Waals surface area (Å²) in [6.45, 7) is 1.83. The highest BCUT2D eigenvalue weighted by Crippen LogP contribution is 2.28. The summed E-state index contributed by atoms with van der Waals surface area (Å²) < 4.78 is 1.76. The Bertz CT molecular complexity index is 980. The third kappa shape index (κ3) is 1.67. The van der Waals surface area contributed by atoms with Gasteiger partial charge in [0.05, 0.1) is 16.7 Å². The van der Waals surface area contributed by atoms with E-state index in [-0.39, 0.29) is 11.6 Å². The third-order valence-electron chi connectivity index (χ3n) is 3.91. The van der Waals surface area contributed by atoms with Gasteiger partial charge < -0.3 is 0 Å². The number of carbonyl (C=O) groups is 2. The topological polar surface area (TPSA) is 52.0 Å². The van der Waals surface area contributed by atoms with Gasteiger partial charge in [0.2, 0.25) is 5.78 Å². The van der Waals surface area contributed by atoms with Crippen LogP contribution in [0.4, 0.5) is 0 Å². The van der Waals surface area contributed by atoms with E-state index < -0.39 is 0 Å². The number of benzene rings is 2. The van der Waals surface area contributed by atoms with Crippen molar-refractivity contribution in [3.05, 3.63) is 71.6 Å². The van der Waals surface area contributed by atoms with E-state index >= 15 is 0 Å². The molecule has 2 aromatic carbocycles. The quantitative estimate of drug-likeness (QED) is 0.690. The van der Waals surface area contributed by atoms with Crippen LogP contribution in [-0.2, 0) is 0 Å². The second-order valence-electron chi connectivity index (χ2n) is 5.25. The van der Waals surface area contributed by atoms with Crippen LogP contribution < -0.4 is 0 Å². The molecule has 106 valence electrons. The average Bonchev–Trinajstić information content (AvgIpc) is 2.87. The molecule has 0 N–H and O–H groups in total. The highest BCUT2D eigenvalue weighted by molar-refractivity contribution is 6.36. The van der Waals surface area contributed by atoms with Gasteiger partial charge >= 0.3 is 0 Å². The lowest BCUT2D eigenvalue weighted by atomic mass is 9.92. The minimum Gasteiger partial charge on any atom is -0.292 e. The molecule has 0 amide bonds. The predicted molar refractivity (Wildman–Crippen MR) is 83.8 cm³/mol. The van der Waals surface area contributed by atoms with E-state index in [0.29, 0.717) is 22.6 Å². The van der Waals surface area contributed by atoms with Gasteiger partial charge in [-0.2, -0.15) is 0 Å². The zero-order chi connectivity index (χ0) is 15.3. The van der Waals surface area contributed by atoms with Crippen molar-refractivity contribution in [3.63, 3.8) is 0 Å². The number of para-hydroxylation sites is 2. The Kier molecular flexibility index (Phi) is 2.60. The lowest BCUT2D eigenvalue weighted by molar-refractivity contribution is 0.0997. The van der Waals surface area contributed by atoms with Gasteiger partial charge in [-0.15, -0.1) is 0 Å². The first-order chi connectivity index (χ1) is 10.7. The minimum absolute atomic E-state index is 0.151. The Morgan fingerprint density at radius 3 is 2.41 bits per heavy atom. The predicted octanol–water partition coefficient (Wildman–Crippen LogP) is 3.26. The normalized spacial score (nSPS) is 14.1. The number of hydrogen-bond donors (Lipinski definition) is 0. The molecule has 0 saturated carbocycles. The van der Waals surface area contributed by atoms with Crippen LogP contribution in [0.1, 0.15) is 26.5 Å². The smallest absolute Gasteiger partial charge is 0.210 e. The first kappa shape index (κ1) is 12.7. The van der Waals surface area contributed by atoms with Gasteiger partial charge in [-0.3, -0.25) is 14.2 Å². The molecule has 0 spiro atoms. The van der Waals surface area contributed by atoms with Crippen LogP contribution in [0, 0.1) is 6.92 Å². The summed E-state index contributed by atoms with van der Waals surface area (Å²) in [5, 5.41) is 0. The number of allylic oxidation sites excluding steroid dienone is 2. The molecule has 0 radical (unpaired) electrons. The number of fused-ring (bicyclic) bond motifs is 2. The Morgan fingerprint density at radius 2 is 1.59 bits per heavy atom. The van der Waals surface area contributed by atoms with Gasteiger partial charge in [-0.05, 0) is 19.1 Å². The number of rotatable bonds is 1. The number of carbonyl (C=O) groups excluding carboxylic acids is 2. The molecule has 0 saturated heterocycles. The molecule has 0 aliphatic heterocycles. The average molecular weight is 288 g/mol. The molecule has 1 aromatic heterocycles. The molecule has 0 unspecified atom stereocenters. The fourth-order valence-corrected chi connectivity index (χ4v) is 2.92. The van der Waals surface area contributed by atoms with E-state index in [0.717, 1.165) is 11.0 Å². The summed E-state index contributed by atoms with van der Waals surface area (Å²) in [7, 11) is 0. The monoisotopic (exact) mass is 288 g/mol. The summed E-state index contributed by atoms with van der Waals surface area (Å²) in [6, 6.07) is 14.5. The van der Waals surface area contributed by atoms with Crippen LogP contribution in [0.3, 0.4) is 0 Å². The Hall–Kier alpha value is -3.01. The molecule has 0 atom stereocenters. The molecule has 1 aliphatic carbocycles. The largest absolute Gasteiger partial charge is 0.292 e. The number of aryl methyl sites for hydroxylation is 1. The van der Waals surface area contributed by atoms with Crippen molar-refractivity contribution >= 4 is 28.3 Å². The van der Waals surface area contributed by atoms with E-state index in [9.17, 15) is 9.59 Å². The maximum absolute atomic E-state index is 12.8. The van der Waals surface area contributed by atoms with Gasteiger partial charge in [0.1, 0.15) is 5.82 Å². The van der Waals surface area contributed by atoms with Crippen LogP contribution in [0.5, 0.6) is 0 Å². The zero-order valence-corrected chi connectivity index (χ0v) is 11.9. The Labute approximate surface area is 126 Å². The molecule has 0 bridgehead atoms. The lowest BCUT2D eigenvalue weighted by Gasteiger charge is -2.17. The van der Waals surface area contributed by atoms with Gasteiger partial charge in [0, 0.05) is 17.2 Å². The number of imidazole rings is 1. The van der Waals surface area contributed by atoms with Crippen molar-refractivity contribution in [3.8, 4) is 0 Å². The molecule has 22 heavy (non-hydrogen) atoms. The fraction of sp³-hybridized carbons (Fsp3) is 0.0556. The Balaban J connectivity index is 1.99. The zero-order valence-electron chi connectivity index (χ0n) is 11.9. The van der Waals surface area contributed by atoms with E-state index in [1.807, 2.05) is 31.2 Å². The molecule has 4 rings (SSSR count). The summed E-state index contributed by atoms with van der Waals surface area (Å²) in [6.07, 6.45) is 1.41.